The number of fused-ring (bicyclic) bond motifs is 1. The monoisotopic (exact) mass is 451 g/mol. The zero-order valence-corrected chi connectivity index (χ0v) is 18.9. The molecule has 0 bridgehead atoms. The van der Waals surface area contributed by atoms with Gasteiger partial charge in [0.05, 0.1) is 18.1 Å². The van der Waals surface area contributed by atoms with Gasteiger partial charge in [-0.2, -0.15) is 0 Å². The van der Waals surface area contributed by atoms with Gasteiger partial charge in [0.1, 0.15) is 5.70 Å². The molecule has 172 valence electrons. The van der Waals surface area contributed by atoms with Crippen molar-refractivity contribution >= 4 is 29.6 Å². The first kappa shape index (κ1) is 22.4. The van der Waals surface area contributed by atoms with Crippen molar-refractivity contribution in [1.82, 2.24) is 15.1 Å². The smallest absolute Gasteiger partial charge is 0.353 e. The van der Waals surface area contributed by atoms with E-state index in [9.17, 15) is 19.8 Å². The number of nitrogens with zero attached hydrogens (tertiary/aromatic N) is 2. The number of aliphatic hydroxyl groups is 1. The summed E-state index contributed by atoms with van der Waals surface area (Å²) in [4.78, 5) is 29.0. The van der Waals surface area contributed by atoms with Crippen molar-refractivity contribution in [3.05, 3.63) is 10.6 Å². The summed E-state index contributed by atoms with van der Waals surface area (Å²) in [6.07, 6.45) is 3.57. The van der Waals surface area contributed by atoms with Crippen LogP contribution in [0.15, 0.2) is 10.6 Å². The highest BCUT2D eigenvalue weighted by Crippen LogP contribution is 2.52. The maximum atomic E-state index is 12.4. The average molecular weight is 452 g/mol. The Labute approximate surface area is 186 Å². The van der Waals surface area contributed by atoms with Gasteiger partial charge in [-0.1, -0.05) is 6.92 Å². The Morgan fingerprint density at radius 1 is 1.32 bits per heavy atom. The molecular weight excluding hydrogens is 418 g/mol. The second-order valence-corrected chi connectivity index (χ2v) is 10.8. The van der Waals surface area contributed by atoms with E-state index >= 15 is 0 Å². The zero-order chi connectivity index (χ0) is 22.4. The van der Waals surface area contributed by atoms with Crippen LogP contribution in [0.4, 0.5) is 0 Å². The molecule has 3 aliphatic heterocycles. The molecule has 1 saturated carbocycles. The molecule has 0 aromatic rings. The normalized spacial score (nSPS) is 34.7. The molecule has 31 heavy (non-hydrogen) atoms. The Morgan fingerprint density at radius 2 is 1.97 bits per heavy atom. The fraction of sp³-hybridized carbons (Fsp3) is 0.762. The molecule has 0 spiro atoms. The van der Waals surface area contributed by atoms with Crippen molar-refractivity contribution in [2.24, 2.45) is 23.5 Å². The number of hydrogen-bond donors (Lipinski definition) is 5. The number of nitrogens with one attached hydrogen (secondary N) is 2. The van der Waals surface area contributed by atoms with Gasteiger partial charge in [0.15, 0.2) is 5.96 Å². The van der Waals surface area contributed by atoms with Crippen molar-refractivity contribution in [3.8, 4) is 0 Å². The van der Waals surface area contributed by atoms with Crippen LogP contribution in [-0.4, -0.2) is 80.9 Å². The first-order valence-electron chi connectivity index (χ1n) is 11.2. The minimum atomic E-state index is -1.05. The standard InChI is InChI=1S/C21H33N5O4S/c1-10-16-15(11(2)27)19(28)26(16)17(20(29)30)18(10)31-14-8-25(9-14)7-12-3-5-13(6-4-12)24-21(22)23/h10-16,27H,3-9H2,1-2H3,(H,29,30)(H4,22,23,24)/t10-,11-,12?,13?,15-,16-/m1/s1. The summed E-state index contributed by atoms with van der Waals surface area (Å²) in [6.45, 7) is 6.49. The largest absolute Gasteiger partial charge is 0.477 e. The van der Waals surface area contributed by atoms with E-state index < -0.39 is 18.0 Å². The first-order chi connectivity index (χ1) is 14.7. The minimum absolute atomic E-state index is 0.0495. The average Bonchev–Trinajstić information content (AvgIpc) is 2.89. The molecule has 2 saturated heterocycles. The first-order valence-corrected chi connectivity index (χ1v) is 12.0. The molecule has 0 aromatic heterocycles. The van der Waals surface area contributed by atoms with Crippen LogP contribution >= 0.6 is 11.8 Å². The summed E-state index contributed by atoms with van der Waals surface area (Å²) in [7, 11) is 0. The number of nitrogens with two attached hydrogens (primary N) is 1. The third-order valence-electron chi connectivity index (χ3n) is 7.25. The molecule has 0 aromatic carbocycles. The van der Waals surface area contributed by atoms with Gasteiger partial charge in [0, 0.05) is 41.7 Å². The Balaban J connectivity index is 1.29. The molecule has 9 nitrogen and oxygen atoms in total. The van der Waals surface area contributed by atoms with Crippen LogP contribution in [0.2, 0.25) is 0 Å². The number of aliphatic carboxylic acids is 1. The number of likely N-dealkylation sites (tertiary alicyclic amines) is 1. The number of β-lactam (4-membered cyclic amide) rings is 1. The van der Waals surface area contributed by atoms with E-state index in [0.29, 0.717) is 17.2 Å². The predicted molar refractivity (Wildman–Crippen MR) is 118 cm³/mol. The third kappa shape index (κ3) is 4.17. The van der Waals surface area contributed by atoms with Gasteiger partial charge in [0.2, 0.25) is 5.91 Å². The molecule has 6 N–H and O–H groups in total. The molecule has 0 radical (unpaired) electrons. The Kier molecular flexibility index (Phi) is 6.24. The van der Waals surface area contributed by atoms with Crippen molar-refractivity contribution in [2.45, 2.75) is 63.0 Å². The van der Waals surface area contributed by atoms with Crippen LogP contribution in [0.1, 0.15) is 39.5 Å². The Hall–Kier alpha value is -1.78. The van der Waals surface area contributed by atoms with Gasteiger partial charge in [-0.05, 0) is 38.5 Å². The second-order valence-electron chi connectivity index (χ2n) is 9.51. The number of thioether (sulfide) groups is 1. The Morgan fingerprint density at radius 3 is 2.52 bits per heavy atom. The number of guanidine groups is 1. The lowest BCUT2D eigenvalue weighted by atomic mass is 9.79. The van der Waals surface area contributed by atoms with Crippen LogP contribution in [0, 0.1) is 23.2 Å². The van der Waals surface area contributed by atoms with Crippen LogP contribution in [-0.2, 0) is 9.59 Å². The number of rotatable bonds is 7. The lowest BCUT2D eigenvalue weighted by Gasteiger charge is -2.46. The number of carbonyl (C=O) groups is 2. The molecule has 4 aliphatic rings. The number of carboxylic acid groups (broad SMARTS) is 1. The highest BCUT2D eigenvalue weighted by atomic mass is 32.2. The summed E-state index contributed by atoms with van der Waals surface area (Å²) in [5.74, 6) is -1.19. The minimum Gasteiger partial charge on any atom is -0.477 e. The van der Waals surface area contributed by atoms with E-state index in [1.807, 2.05) is 6.92 Å². The molecule has 4 atom stereocenters. The number of hydrogen-bond acceptors (Lipinski definition) is 6. The molecule has 4 rings (SSSR count). The molecule has 1 amide bonds. The lowest BCUT2D eigenvalue weighted by molar-refractivity contribution is -0.163. The number of carbonyl (C=O) groups excluding carboxylic acids is 1. The predicted octanol–water partition coefficient (Wildman–Crippen LogP) is 0.599. The number of aliphatic hydroxyl groups excluding tert-OH is 1. The topological polar surface area (TPSA) is 143 Å². The maximum Gasteiger partial charge on any atom is 0.353 e. The molecule has 0 unspecified atom stereocenters. The third-order valence-corrected chi connectivity index (χ3v) is 8.70. The van der Waals surface area contributed by atoms with Crippen LogP contribution < -0.4 is 11.1 Å². The van der Waals surface area contributed by atoms with Crippen LogP contribution in [0.3, 0.4) is 0 Å². The summed E-state index contributed by atoms with van der Waals surface area (Å²) >= 11 is 1.61. The summed E-state index contributed by atoms with van der Waals surface area (Å²) in [5, 5.41) is 30.4. The highest BCUT2D eigenvalue weighted by Gasteiger charge is 2.60. The Bertz CT molecular complexity index is 789. The number of amides is 1. The van der Waals surface area contributed by atoms with Gasteiger partial charge in [0.25, 0.3) is 0 Å². The van der Waals surface area contributed by atoms with E-state index in [-0.39, 0.29) is 29.5 Å². The van der Waals surface area contributed by atoms with E-state index in [4.69, 9.17) is 11.1 Å². The van der Waals surface area contributed by atoms with Gasteiger partial charge in [-0.15, -0.1) is 11.8 Å². The fourth-order valence-corrected chi connectivity index (χ4v) is 7.26. The van der Waals surface area contributed by atoms with Gasteiger partial charge < -0.3 is 31.1 Å². The molecule has 3 heterocycles. The van der Waals surface area contributed by atoms with Gasteiger partial charge >= 0.3 is 5.97 Å². The summed E-state index contributed by atoms with van der Waals surface area (Å²) in [5.41, 5.74) is 5.55. The fourth-order valence-electron chi connectivity index (χ4n) is 5.68. The van der Waals surface area contributed by atoms with Gasteiger partial charge in [-0.25, -0.2) is 4.79 Å². The van der Waals surface area contributed by atoms with Crippen molar-refractivity contribution in [3.63, 3.8) is 0 Å². The van der Waals surface area contributed by atoms with E-state index in [2.05, 4.69) is 10.2 Å². The van der Waals surface area contributed by atoms with E-state index in [0.717, 1.165) is 50.2 Å². The highest BCUT2D eigenvalue weighted by molar-refractivity contribution is 8.03. The zero-order valence-electron chi connectivity index (χ0n) is 18.1. The summed E-state index contributed by atoms with van der Waals surface area (Å²) in [6, 6.07) is 0.0771. The molecule has 3 fully saturated rings. The molecular formula is C21H33N5O4S. The quantitative estimate of drug-likeness (QED) is 0.215. The SMILES string of the molecule is C[C@@H](O)[C@H]1C(=O)N2C(C(=O)O)=C(SC3CN(CC4CCC(NC(=N)N)CC4)C3)[C@H](C)[C@H]12. The molecule has 10 heteroatoms. The molecule has 1 aliphatic carbocycles. The van der Waals surface area contributed by atoms with Gasteiger partial charge in [-0.3, -0.25) is 10.2 Å². The van der Waals surface area contributed by atoms with Crippen LogP contribution in [0.25, 0.3) is 0 Å². The maximum absolute atomic E-state index is 12.4. The number of carboxylic acids is 1. The van der Waals surface area contributed by atoms with Crippen LogP contribution in [0.5, 0.6) is 0 Å². The van der Waals surface area contributed by atoms with E-state index in [1.54, 1.807) is 18.7 Å². The lowest BCUT2D eigenvalue weighted by Crippen LogP contribution is -2.63. The van der Waals surface area contributed by atoms with Crippen molar-refractivity contribution in [2.75, 3.05) is 19.6 Å². The van der Waals surface area contributed by atoms with E-state index in [1.165, 1.54) is 4.90 Å². The van der Waals surface area contributed by atoms with Crippen molar-refractivity contribution < 1.29 is 19.8 Å². The second kappa shape index (κ2) is 8.63. The summed E-state index contributed by atoms with van der Waals surface area (Å²) < 4.78 is 0. The van der Waals surface area contributed by atoms with Crippen molar-refractivity contribution in [1.29, 1.82) is 5.41 Å².